The smallest absolute Gasteiger partial charge is 0.251 e. The lowest BCUT2D eigenvalue weighted by molar-refractivity contribution is 0.0765. The van der Waals surface area contributed by atoms with Crippen molar-refractivity contribution in [3.63, 3.8) is 0 Å². The number of halogens is 2. The quantitative estimate of drug-likeness (QED) is 0.697. The molecule has 0 radical (unpaired) electrons. The van der Waals surface area contributed by atoms with Crippen LogP contribution in [-0.4, -0.2) is 42.7 Å². The topological polar surface area (TPSA) is 47.3 Å². The van der Waals surface area contributed by atoms with Gasteiger partial charge in [-0.1, -0.05) is 0 Å². The van der Waals surface area contributed by atoms with E-state index in [4.69, 9.17) is 10.4 Å². The molecule has 5 heteroatoms. The zero-order valence-corrected chi connectivity index (χ0v) is 9.92. The van der Waals surface area contributed by atoms with E-state index in [-0.39, 0.29) is 19.7 Å². The van der Waals surface area contributed by atoms with Crippen LogP contribution < -0.4 is 0 Å². The molecule has 0 saturated carbocycles. The highest BCUT2D eigenvalue weighted by molar-refractivity contribution is 4.91. The van der Waals surface area contributed by atoms with E-state index in [1.165, 1.54) is 4.90 Å². The van der Waals surface area contributed by atoms with Crippen LogP contribution in [0.5, 0.6) is 0 Å². The molecular weight excluding hydrogens is 214 g/mol. The summed E-state index contributed by atoms with van der Waals surface area (Å²) in [5, 5.41) is 17.5. The van der Waals surface area contributed by atoms with Crippen LogP contribution in [0.2, 0.25) is 0 Å². The number of aliphatic hydroxyl groups excluding tert-OH is 1. The average Bonchev–Trinajstić information content (AvgIpc) is 2.17. The van der Waals surface area contributed by atoms with Crippen LogP contribution in [0.1, 0.15) is 26.7 Å². The van der Waals surface area contributed by atoms with Crippen molar-refractivity contribution >= 4 is 0 Å². The molecule has 0 heterocycles. The minimum atomic E-state index is -2.38. The van der Waals surface area contributed by atoms with Gasteiger partial charge in [0.2, 0.25) is 0 Å². The Morgan fingerprint density at radius 2 is 2.00 bits per heavy atom. The van der Waals surface area contributed by atoms with Crippen LogP contribution in [0.25, 0.3) is 0 Å². The molecular formula is C11H20F2N2O. The lowest BCUT2D eigenvalue weighted by atomic mass is 9.90. The molecule has 0 saturated heterocycles. The summed E-state index contributed by atoms with van der Waals surface area (Å²) in [5.41, 5.74) is -0.407. The van der Waals surface area contributed by atoms with Crippen molar-refractivity contribution in [3.05, 3.63) is 0 Å². The minimum Gasteiger partial charge on any atom is -0.395 e. The van der Waals surface area contributed by atoms with E-state index in [0.29, 0.717) is 19.4 Å². The van der Waals surface area contributed by atoms with E-state index >= 15 is 0 Å². The second-order valence-corrected chi connectivity index (χ2v) is 4.51. The second-order valence-electron chi connectivity index (χ2n) is 4.51. The third-order valence-corrected chi connectivity index (χ3v) is 2.39. The molecule has 0 unspecified atom stereocenters. The summed E-state index contributed by atoms with van der Waals surface area (Å²) in [5.74, 6) is 0. The van der Waals surface area contributed by atoms with Gasteiger partial charge in [-0.3, -0.25) is 4.90 Å². The first-order valence-electron chi connectivity index (χ1n) is 5.44. The van der Waals surface area contributed by atoms with Crippen molar-refractivity contribution in [1.29, 1.82) is 5.26 Å². The number of nitrogens with zero attached hydrogens (tertiary/aromatic N) is 2. The number of aliphatic hydroxyl groups is 1. The van der Waals surface area contributed by atoms with Gasteiger partial charge in [0.25, 0.3) is 6.43 Å². The van der Waals surface area contributed by atoms with Gasteiger partial charge in [-0.15, -0.1) is 0 Å². The molecule has 0 aromatic heterocycles. The van der Waals surface area contributed by atoms with E-state index < -0.39 is 11.8 Å². The molecule has 0 spiro atoms. The molecule has 0 aliphatic carbocycles. The fourth-order valence-corrected chi connectivity index (χ4v) is 1.43. The molecule has 0 aromatic carbocycles. The van der Waals surface area contributed by atoms with E-state index in [1.807, 2.05) is 13.8 Å². The van der Waals surface area contributed by atoms with Gasteiger partial charge in [-0.25, -0.2) is 8.78 Å². The Labute approximate surface area is 95.7 Å². The van der Waals surface area contributed by atoms with E-state index in [1.54, 1.807) is 0 Å². The lowest BCUT2D eigenvalue weighted by Gasteiger charge is -2.22. The van der Waals surface area contributed by atoms with E-state index in [0.717, 1.165) is 0 Å². The Morgan fingerprint density at radius 1 is 1.38 bits per heavy atom. The predicted octanol–water partition coefficient (Wildman–Crippen LogP) is 1.88. The maximum Gasteiger partial charge on any atom is 0.251 e. The molecule has 94 valence electrons. The number of alkyl halides is 2. The van der Waals surface area contributed by atoms with Crippen molar-refractivity contribution in [2.24, 2.45) is 5.41 Å². The lowest BCUT2D eigenvalue weighted by Crippen LogP contribution is -2.33. The number of hydrogen-bond donors (Lipinski definition) is 1. The van der Waals surface area contributed by atoms with Crippen LogP contribution in [0, 0.1) is 16.7 Å². The second kappa shape index (κ2) is 7.53. The van der Waals surface area contributed by atoms with Crippen molar-refractivity contribution in [2.45, 2.75) is 33.1 Å². The molecule has 3 nitrogen and oxygen atoms in total. The van der Waals surface area contributed by atoms with Gasteiger partial charge >= 0.3 is 0 Å². The monoisotopic (exact) mass is 234 g/mol. The standard InChI is InChI=1S/C11H20F2N2O/c1-11(2,9-14)4-3-5-15(6-7-16)8-10(12)13/h10,16H,3-8H2,1-2H3. The number of rotatable bonds is 8. The highest BCUT2D eigenvalue weighted by atomic mass is 19.3. The normalized spacial score (nSPS) is 12.1. The molecule has 0 fully saturated rings. The Hall–Kier alpha value is -0.730. The van der Waals surface area contributed by atoms with Crippen LogP contribution in [-0.2, 0) is 0 Å². The fraction of sp³-hybridized carbons (Fsp3) is 0.909. The first kappa shape index (κ1) is 15.3. The van der Waals surface area contributed by atoms with Crippen LogP contribution in [0.15, 0.2) is 0 Å². The SMILES string of the molecule is CC(C)(C#N)CCCN(CCO)CC(F)F. The zero-order chi connectivity index (χ0) is 12.6. The van der Waals surface area contributed by atoms with Crippen LogP contribution >= 0.6 is 0 Å². The molecule has 0 amide bonds. The Balaban J connectivity index is 3.89. The third kappa shape index (κ3) is 7.55. The molecule has 16 heavy (non-hydrogen) atoms. The molecule has 1 N–H and O–H groups in total. The Bertz CT molecular complexity index is 227. The van der Waals surface area contributed by atoms with Gasteiger partial charge in [0.15, 0.2) is 0 Å². The van der Waals surface area contributed by atoms with Gasteiger partial charge < -0.3 is 5.11 Å². The van der Waals surface area contributed by atoms with Gasteiger partial charge in [0.05, 0.1) is 24.6 Å². The third-order valence-electron chi connectivity index (χ3n) is 2.39. The first-order valence-corrected chi connectivity index (χ1v) is 5.44. The molecule has 0 atom stereocenters. The maximum atomic E-state index is 12.2. The highest BCUT2D eigenvalue weighted by Gasteiger charge is 2.17. The number of nitriles is 1. The summed E-state index contributed by atoms with van der Waals surface area (Å²) in [7, 11) is 0. The molecule has 0 aliphatic heterocycles. The van der Waals surface area contributed by atoms with Gasteiger partial charge in [0.1, 0.15) is 0 Å². The summed E-state index contributed by atoms with van der Waals surface area (Å²) < 4.78 is 24.3. The molecule has 0 aromatic rings. The highest BCUT2D eigenvalue weighted by Crippen LogP contribution is 2.20. The summed E-state index contributed by atoms with van der Waals surface area (Å²) in [6, 6.07) is 2.17. The minimum absolute atomic E-state index is 0.117. The van der Waals surface area contributed by atoms with E-state index in [9.17, 15) is 8.78 Å². The fourth-order valence-electron chi connectivity index (χ4n) is 1.43. The summed E-state index contributed by atoms with van der Waals surface area (Å²) in [6.45, 7) is 3.99. The number of hydrogen-bond acceptors (Lipinski definition) is 3. The maximum absolute atomic E-state index is 12.2. The van der Waals surface area contributed by atoms with Gasteiger partial charge in [0, 0.05) is 6.54 Å². The Kier molecular flexibility index (Phi) is 7.18. The summed E-state index contributed by atoms with van der Waals surface area (Å²) >= 11 is 0. The largest absolute Gasteiger partial charge is 0.395 e. The average molecular weight is 234 g/mol. The zero-order valence-electron chi connectivity index (χ0n) is 9.92. The molecule has 0 bridgehead atoms. The van der Waals surface area contributed by atoms with Crippen LogP contribution in [0.3, 0.4) is 0 Å². The van der Waals surface area contributed by atoms with E-state index in [2.05, 4.69) is 6.07 Å². The Morgan fingerprint density at radius 3 is 2.44 bits per heavy atom. The summed E-state index contributed by atoms with van der Waals surface area (Å²) in [4.78, 5) is 1.53. The van der Waals surface area contributed by atoms with Crippen LogP contribution in [0.4, 0.5) is 8.78 Å². The van der Waals surface area contributed by atoms with Crippen molar-refractivity contribution < 1.29 is 13.9 Å². The first-order chi connectivity index (χ1) is 7.41. The van der Waals surface area contributed by atoms with Gasteiger partial charge in [-0.2, -0.15) is 5.26 Å². The van der Waals surface area contributed by atoms with Crippen molar-refractivity contribution in [3.8, 4) is 6.07 Å². The van der Waals surface area contributed by atoms with Gasteiger partial charge in [-0.05, 0) is 33.2 Å². The van der Waals surface area contributed by atoms with Crippen molar-refractivity contribution in [1.82, 2.24) is 4.90 Å². The van der Waals surface area contributed by atoms with Crippen molar-refractivity contribution in [2.75, 3.05) is 26.2 Å². The molecule has 0 rings (SSSR count). The predicted molar refractivity (Wildman–Crippen MR) is 58.2 cm³/mol. The molecule has 0 aliphatic rings. The summed E-state index contributed by atoms with van der Waals surface area (Å²) in [6.07, 6.45) is -1.02.